The molecule has 2 rings (SSSR count). The van der Waals surface area contributed by atoms with Crippen LogP contribution in [0.2, 0.25) is 0 Å². The van der Waals surface area contributed by atoms with E-state index < -0.39 is 5.97 Å². The molecule has 0 radical (unpaired) electrons. The van der Waals surface area contributed by atoms with Gasteiger partial charge in [0.2, 0.25) is 0 Å². The zero-order chi connectivity index (χ0) is 10.7. The molecule has 0 unspecified atom stereocenters. The summed E-state index contributed by atoms with van der Waals surface area (Å²) in [5.74, 6) is 0.110. The molecular weight excluding hydrogens is 196 g/mol. The Hall–Kier alpha value is -1.97. The largest absolute Gasteiger partial charge is 0.545 e. The fourth-order valence-electron chi connectivity index (χ4n) is 1.33. The second-order valence-corrected chi connectivity index (χ2v) is 3.06. The van der Waals surface area contributed by atoms with Crippen LogP contribution in [0.1, 0.15) is 5.56 Å². The number of carbonyl (C=O) groups is 1. The molecule has 0 saturated carbocycles. The number of carboxylic acids is 1. The van der Waals surface area contributed by atoms with Crippen LogP contribution in [0.25, 0.3) is 6.08 Å². The zero-order valence-corrected chi connectivity index (χ0v) is 7.93. The van der Waals surface area contributed by atoms with E-state index in [1.807, 2.05) is 0 Å². The molecule has 15 heavy (non-hydrogen) atoms. The summed E-state index contributed by atoms with van der Waals surface area (Å²) in [7, 11) is 0. The molecule has 0 N–H and O–H groups in total. The number of hydrogen-bond donors (Lipinski definition) is 0. The Morgan fingerprint density at radius 2 is 2.00 bits per heavy atom. The Morgan fingerprint density at radius 1 is 1.27 bits per heavy atom. The van der Waals surface area contributed by atoms with Crippen LogP contribution in [0.3, 0.4) is 0 Å². The number of rotatable bonds is 2. The van der Waals surface area contributed by atoms with E-state index in [0.29, 0.717) is 24.7 Å². The van der Waals surface area contributed by atoms with Gasteiger partial charge in [0.05, 0.1) is 5.97 Å². The van der Waals surface area contributed by atoms with Gasteiger partial charge in [-0.3, -0.25) is 0 Å². The summed E-state index contributed by atoms with van der Waals surface area (Å²) < 4.78 is 10.7. The van der Waals surface area contributed by atoms with Gasteiger partial charge in [-0.2, -0.15) is 0 Å². The second-order valence-electron chi connectivity index (χ2n) is 3.06. The van der Waals surface area contributed by atoms with Gasteiger partial charge in [-0.15, -0.1) is 0 Å². The minimum atomic E-state index is -1.22. The molecule has 78 valence electrons. The normalized spacial score (nSPS) is 14.1. The number of fused-ring (bicyclic) bond motifs is 1. The van der Waals surface area contributed by atoms with Crippen LogP contribution < -0.4 is 14.6 Å². The monoisotopic (exact) mass is 205 g/mol. The molecule has 1 aromatic rings. The molecule has 4 heteroatoms. The van der Waals surface area contributed by atoms with Gasteiger partial charge in [-0.1, -0.05) is 12.1 Å². The molecule has 0 aromatic heterocycles. The number of hydrogen-bond acceptors (Lipinski definition) is 4. The van der Waals surface area contributed by atoms with Crippen molar-refractivity contribution in [3.8, 4) is 11.5 Å². The predicted octanol–water partition coefficient (Wildman–Crippen LogP) is 0.221. The lowest BCUT2D eigenvalue weighted by Gasteiger charge is -2.18. The van der Waals surface area contributed by atoms with Gasteiger partial charge >= 0.3 is 0 Å². The van der Waals surface area contributed by atoms with Crippen molar-refractivity contribution in [2.24, 2.45) is 0 Å². The fraction of sp³-hybridized carbons (Fsp3) is 0.182. The van der Waals surface area contributed by atoms with Gasteiger partial charge in [0.15, 0.2) is 11.5 Å². The maximum absolute atomic E-state index is 10.2. The molecule has 0 amide bonds. The third-order valence-corrected chi connectivity index (χ3v) is 1.98. The summed E-state index contributed by atoms with van der Waals surface area (Å²) in [5.41, 5.74) is 0.739. The van der Waals surface area contributed by atoms with Crippen LogP contribution in [0, 0.1) is 0 Å². The number of ether oxygens (including phenoxy) is 2. The molecule has 0 bridgehead atoms. The highest BCUT2D eigenvalue weighted by Gasteiger charge is 2.10. The maximum Gasteiger partial charge on any atom is 0.161 e. The van der Waals surface area contributed by atoms with E-state index in [1.54, 1.807) is 18.2 Å². The Morgan fingerprint density at radius 3 is 2.73 bits per heavy atom. The first-order valence-electron chi connectivity index (χ1n) is 4.54. The smallest absolute Gasteiger partial charge is 0.161 e. The molecule has 4 nitrogen and oxygen atoms in total. The van der Waals surface area contributed by atoms with Gasteiger partial charge in [-0.25, -0.2) is 0 Å². The van der Waals surface area contributed by atoms with Crippen LogP contribution in [0.5, 0.6) is 11.5 Å². The van der Waals surface area contributed by atoms with Crippen LogP contribution in [-0.4, -0.2) is 19.2 Å². The van der Waals surface area contributed by atoms with Crippen LogP contribution >= 0.6 is 0 Å². The predicted molar refractivity (Wildman–Crippen MR) is 51.5 cm³/mol. The number of carboxylic acid groups (broad SMARTS) is 1. The lowest BCUT2D eigenvalue weighted by atomic mass is 10.2. The van der Waals surface area contributed by atoms with Crippen molar-refractivity contribution < 1.29 is 19.4 Å². The van der Waals surface area contributed by atoms with E-state index in [2.05, 4.69) is 0 Å². The molecule has 0 atom stereocenters. The Labute approximate surface area is 86.7 Å². The molecule has 0 spiro atoms. The van der Waals surface area contributed by atoms with E-state index in [9.17, 15) is 9.90 Å². The molecule has 1 aliphatic heterocycles. The first-order valence-corrected chi connectivity index (χ1v) is 4.54. The third kappa shape index (κ3) is 2.28. The van der Waals surface area contributed by atoms with Gasteiger partial charge in [0.1, 0.15) is 13.2 Å². The van der Waals surface area contributed by atoms with Crippen LogP contribution in [0.4, 0.5) is 0 Å². The first kappa shape index (κ1) is 9.58. The SMILES string of the molecule is O=C([O-])/C=C/c1ccc2c(c1)OCCO2. The Bertz CT molecular complexity index is 409. The third-order valence-electron chi connectivity index (χ3n) is 1.98. The highest BCUT2D eigenvalue weighted by atomic mass is 16.6. The summed E-state index contributed by atoms with van der Waals surface area (Å²) in [6, 6.07) is 5.24. The van der Waals surface area contributed by atoms with E-state index in [4.69, 9.17) is 9.47 Å². The lowest BCUT2D eigenvalue weighted by Crippen LogP contribution is -2.18. The van der Waals surface area contributed by atoms with Gasteiger partial charge in [0.25, 0.3) is 0 Å². The van der Waals surface area contributed by atoms with Crippen LogP contribution in [-0.2, 0) is 4.79 Å². The molecule has 1 heterocycles. The van der Waals surface area contributed by atoms with Crippen LogP contribution in [0.15, 0.2) is 24.3 Å². The number of benzene rings is 1. The van der Waals surface area contributed by atoms with Gasteiger partial charge in [0, 0.05) is 0 Å². The summed E-state index contributed by atoms with van der Waals surface area (Å²) >= 11 is 0. The first-order chi connectivity index (χ1) is 7.25. The average molecular weight is 205 g/mol. The highest BCUT2D eigenvalue weighted by molar-refractivity contribution is 5.83. The molecular formula is C11H9O4-. The summed E-state index contributed by atoms with van der Waals surface area (Å²) in [5, 5.41) is 10.2. The summed E-state index contributed by atoms with van der Waals surface area (Å²) in [4.78, 5) is 10.2. The molecule has 0 saturated heterocycles. The summed E-state index contributed by atoms with van der Waals surface area (Å²) in [6.07, 6.45) is 2.43. The molecule has 0 fully saturated rings. The quantitative estimate of drug-likeness (QED) is 0.648. The average Bonchev–Trinajstić information content (AvgIpc) is 2.26. The Balaban J connectivity index is 2.24. The minimum absolute atomic E-state index is 0.515. The van der Waals surface area contributed by atoms with Crippen molar-refractivity contribution in [1.29, 1.82) is 0 Å². The molecule has 0 aliphatic carbocycles. The fourth-order valence-corrected chi connectivity index (χ4v) is 1.33. The topological polar surface area (TPSA) is 58.6 Å². The number of carbonyl (C=O) groups excluding carboxylic acids is 1. The van der Waals surface area contributed by atoms with Crippen molar-refractivity contribution in [2.45, 2.75) is 0 Å². The van der Waals surface area contributed by atoms with Crippen molar-refractivity contribution in [3.63, 3.8) is 0 Å². The Kier molecular flexibility index (Phi) is 2.58. The second kappa shape index (κ2) is 4.04. The van der Waals surface area contributed by atoms with Gasteiger partial charge in [-0.05, 0) is 23.8 Å². The maximum atomic E-state index is 10.2. The van der Waals surface area contributed by atoms with Crippen molar-refractivity contribution in [3.05, 3.63) is 29.8 Å². The van der Waals surface area contributed by atoms with E-state index in [0.717, 1.165) is 11.6 Å². The van der Waals surface area contributed by atoms with E-state index in [-0.39, 0.29) is 0 Å². The number of aliphatic carboxylic acids is 1. The van der Waals surface area contributed by atoms with Gasteiger partial charge < -0.3 is 19.4 Å². The van der Waals surface area contributed by atoms with E-state index >= 15 is 0 Å². The lowest BCUT2D eigenvalue weighted by molar-refractivity contribution is -0.297. The zero-order valence-electron chi connectivity index (χ0n) is 7.93. The van der Waals surface area contributed by atoms with Crippen molar-refractivity contribution >= 4 is 12.0 Å². The standard InChI is InChI=1S/C11H10O4/c12-11(13)4-2-8-1-3-9-10(7-8)15-6-5-14-9/h1-4,7H,5-6H2,(H,12,13)/p-1/b4-2+. The minimum Gasteiger partial charge on any atom is -0.545 e. The van der Waals surface area contributed by atoms with Crippen molar-refractivity contribution in [1.82, 2.24) is 0 Å². The summed E-state index contributed by atoms with van der Waals surface area (Å²) in [6.45, 7) is 1.06. The molecule has 1 aliphatic rings. The van der Waals surface area contributed by atoms with Crippen molar-refractivity contribution in [2.75, 3.05) is 13.2 Å². The molecule has 1 aromatic carbocycles. The highest BCUT2D eigenvalue weighted by Crippen LogP contribution is 2.30. The van der Waals surface area contributed by atoms with E-state index in [1.165, 1.54) is 6.08 Å².